The molecule has 1 fully saturated rings. The van der Waals surface area contributed by atoms with Crippen LogP contribution in [0.4, 0.5) is 0 Å². The van der Waals surface area contributed by atoms with Gasteiger partial charge in [-0.3, -0.25) is 5.41 Å². The van der Waals surface area contributed by atoms with Crippen LogP contribution in [0.3, 0.4) is 0 Å². The molecule has 1 aliphatic carbocycles. The lowest BCUT2D eigenvalue weighted by molar-refractivity contribution is 0.395. The largest absolute Gasteiger partial charge is 0.387 e. The Morgan fingerprint density at radius 1 is 1.39 bits per heavy atom. The Labute approximate surface area is 110 Å². The molecule has 2 atom stereocenters. The van der Waals surface area contributed by atoms with Gasteiger partial charge in [0.2, 0.25) is 10.0 Å². The van der Waals surface area contributed by atoms with Crippen LogP contribution in [0.1, 0.15) is 46.5 Å². The molecule has 0 aromatic rings. The van der Waals surface area contributed by atoms with E-state index in [-0.39, 0.29) is 29.0 Å². The van der Waals surface area contributed by atoms with Crippen LogP contribution < -0.4 is 10.5 Å². The van der Waals surface area contributed by atoms with E-state index >= 15 is 0 Å². The number of amidine groups is 1. The topological polar surface area (TPSA) is 96.0 Å². The van der Waals surface area contributed by atoms with E-state index < -0.39 is 10.0 Å². The predicted molar refractivity (Wildman–Crippen MR) is 74.0 cm³/mol. The summed E-state index contributed by atoms with van der Waals surface area (Å²) in [6.07, 6.45) is 3.14. The SMILES string of the molecule is CC(C)(C)CCS(=O)(=O)NC1CCCC1C(=N)N. The Kier molecular flexibility index (Phi) is 4.78. The quantitative estimate of drug-likeness (QED) is 0.523. The first kappa shape index (κ1) is 15.4. The third-order valence-electron chi connectivity index (χ3n) is 3.37. The van der Waals surface area contributed by atoms with Gasteiger partial charge in [0.05, 0.1) is 11.6 Å². The molecule has 1 rings (SSSR count). The highest BCUT2D eigenvalue weighted by atomic mass is 32.2. The number of hydrogen-bond acceptors (Lipinski definition) is 3. The molecule has 0 aromatic carbocycles. The summed E-state index contributed by atoms with van der Waals surface area (Å²) in [7, 11) is -3.27. The molecule has 0 radical (unpaired) electrons. The Hall–Kier alpha value is -0.620. The average Bonchev–Trinajstić information content (AvgIpc) is 2.61. The van der Waals surface area contributed by atoms with Crippen molar-refractivity contribution in [1.29, 1.82) is 5.41 Å². The van der Waals surface area contributed by atoms with Gasteiger partial charge in [0.15, 0.2) is 0 Å². The molecule has 1 aliphatic rings. The first-order valence-corrected chi connectivity index (χ1v) is 8.10. The van der Waals surface area contributed by atoms with Crippen molar-refractivity contribution in [3.63, 3.8) is 0 Å². The summed E-state index contributed by atoms with van der Waals surface area (Å²) < 4.78 is 26.7. The van der Waals surface area contributed by atoms with Gasteiger partial charge in [0.1, 0.15) is 0 Å². The highest BCUT2D eigenvalue weighted by molar-refractivity contribution is 7.89. The number of rotatable bonds is 5. The van der Waals surface area contributed by atoms with Crippen molar-refractivity contribution < 1.29 is 8.42 Å². The van der Waals surface area contributed by atoms with Crippen LogP contribution in [0.25, 0.3) is 0 Å². The zero-order valence-electron chi connectivity index (χ0n) is 11.5. The lowest BCUT2D eigenvalue weighted by atomic mass is 9.94. The highest BCUT2D eigenvalue weighted by Gasteiger charge is 2.32. The fraction of sp³-hybridized carbons (Fsp3) is 0.917. The molecule has 18 heavy (non-hydrogen) atoms. The minimum absolute atomic E-state index is 0.00437. The maximum Gasteiger partial charge on any atom is 0.211 e. The van der Waals surface area contributed by atoms with Gasteiger partial charge < -0.3 is 5.73 Å². The van der Waals surface area contributed by atoms with Crippen molar-refractivity contribution >= 4 is 15.9 Å². The summed E-state index contributed by atoms with van der Waals surface area (Å²) in [6, 6.07) is -0.188. The lowest BCUT2D eigenvalue weighted by Crippen LogP contribution is -2.43. The predicted octanol–water partition coefficient (Wildman–Crippen LogP) is 1.45. The van der Waals surface area contributed by atoms with Crippen LogP contribution in [0.5, 0.6) is 0 Å². The minimum atomic E-state index is -3.27. The molecule has 0 saturated heterocycles. The molecule has 0 heterocycles. The fourth-order valence-corrected chi connectivity index (χ4v) is 3.95. The third kappa shape index (κ3) is 4.94. The Morgan fingerprint density at radius 2 is 2.00 bits per heavy atom. The van der Waals surface area contributed by atoms with Crippen molar-refractivity contribution in [3.05, 3.63) is 0 Å². The van der Waals surface area contributed by atoms with Crippen LogP contribution in [0, 0.1) is 16.7 Å². The molecule has 0 aromatic heterocycles. The summed E-state index contributed by atoms with van der Waals surface area (Å²) in [5.74, 6) is 0.0999. The van der Waals surface area contributed by atoms with Gasteiger partial charge in [0, 0.05) is 12.0 Å². The third-order valence-corrected chi connectivity index (χ3v) is 4.77. The zero-order chi connectivity index (χ0) is 14.0. The van der Waals surface area contributed by atoms with Gasteiger partial charge in [-0.25, -0.2) is 13.1 Å². The van der Waals surface area contributed by atoms with Gasteiger partial charge in [-0.15, -0.1) is 0 Å². The number of nitrogens with two attached hydrogens (primary N) is 1. The first-order valence-electron chi connectivity index (χ1n) is 6.45. The smallest absolute Gasteiger partial charge is 0.211 e. The summed E-state index contributed by atoms with van der Waals surface area (Å²) in [5, 5.41) is 7.47. The Balaban J connectivity index is 2.57. The normalized spacial score (nSPS) is 25.3. The molecule has 0 aliphatic heterocycles. The number of hydrogen-bond donors (Lipinski definition) is 3. The first-order chi connectivity index (χ1) is 8.11. The van der Waals surface area contributed by atoms with E-state index in [4.69, 9.17) is 11.1 Å². The zero-order valence-corrected chi connectivity index (χ0v) is 12.3. The molecule has 6 heteroatoms. The monoisotopic (exact) mass is 275 g/mol. The maximum absolute atomic E-state index is 12.0. The second-order valence-electron chi connectivity index (χ2n) is 6.35. The fourth-order valence-electron chi connectivity index (χ4n) is 2.20. The molecule has 0 spiro atoms. The van der Waals surface area contributed by atoms with Gasteiger partial charge in [-0.1, -0.05) is 27.2 Å². The van der Waals surface area contributed by atoms with Gasteiger partial charge in [-0.2, -0.15) is 0 Å². The van der Waals surface area contributed by atoms with E-state index in [1.165, 1.54) is 0 Å². The van der Waals surface area contributed by atoms with Crippen LogP contribution >= 0.6 is 0 Å². The minimum Gasteiger partial charge on any atom is -0.387 e. The van der Waals surface area contributed by atoms with Crippen LogP contribution in [0.2, 0.25) is 0 Å². The standard InChI is InChI=1S/C12H25N3O2S/c1-12(2,3)7-8-18(16,17)15-10-6-4-5-9(10)11(13)14/h9-10,15H,4-8H2,1-3H3,(H3,13,14). The van der Waals surface area contributed by atoms with Crippen LogP contribution in [0.15, 0.2) is 0 Å². The van der Waals surface area contributed by atoms with Gasteiger partial charge >= 0.3 is 0 Å². The molecule has 0 bridgehead atoms. The molecular formula is C12H25N3O2S. The van der Waals surface area contributed by atoms with Crippen molar-refractivity contribution in [2.45, 2.75) is 52.5 Å². The maximum atomic E-state index is 12.0. The molecule has 106 valence electrons. The molecule has 1 saturated carbocycles. The highest BCUT2D eigenvalue weighted by Crippen LogP contribution is 2.26. The van der Waals surface area contributed by atoms with Crippen molar-refractivity contribution in [1.82, 2.24) is 4.72 Å². The Morgan fingerprint density at radius 3 is 2.50 bits per heavy atom. The lowest BCUT2D eigenvalue weighted by Gasteiger charge is -2.22. The summed E-state index contributed by atoms with van der Waals surface area (Å²) in [5.41, 5.74) is 5.50. The number of nitrogens with one attached hydrogen (secondary N) is 2. The van der Waals surface area contributed by atoms with Gasteiger partial charge in [-0.05, 0) is 24.7 Å². The van der Waals surface area contributed by atoms with E-state index in [1.54, 1.807) is 0 Å². The van der Waals surface area contributed by atoms with Crippen molar-refractivity contribution in [2.24, 2.45) is 17.1 Å². The van der Waals surface area contributed by atoms with E-state index in [0.29, 0.717) is 6.42 Å². The van der Waals surface area contributed by atoms with E-state index in [0.717, 1.165) is 19.3 Å². The van der Waals surface area contributed by atoms with Gasteiger partial charge in [0.25, 0.3) is 0 Å². The average molecular weight is 275 g/mol. The van der Waals surface area contributed by atoms with Crippen molar-refractivity contribution in [3.8, 4) is 0 Å². The van der Waals surface area contributed by atoms with Crippen LogP contribution in [-0.2, 0) is 10.0 Å². The van der Waals surface area contributed by atoms with Crippen LogP contribution in [-0.4, -0.2) is 26.0 Å². The van der Waals surface area contributed by atoms with E-state index in [2.05, 4.69) is 4.72 Å². The molecule has 4 N–H and O–H groups in total. The molecule has 5 nitrogen and oxygen atoms in total. The summed E-state index contributed by atoms with van der Waals surface area (Å²) in [4.78, 5) is 0. The number of sulfonamides is 1. The summed E-state index contributed by atoms with van der Waals surface area (Å²) in [6.45, 7) is 6.07. The van der Waals surface area contributed by atoms with Crippen molar-refractivity contribution in [2.75, 3.05) is 5.75 Å². The summed E-state index contributed by atoms with van der Waals surface area (Å²) >= 11 is 0. The second kappa shape index (κ2) is 5.57. The molecular weight excluding hydrogens is 250 g/mol. The van der Waals surface area contributed by atoms with E-state index in [1.807, 2.05) is 20.8 Å². The van der Waals surface area contributed by atoms with E-state index in [9.17, 15) is 8.42 Å². The molecule has 2 unspecified atom stereocenters. The molecule has 0 amide bonds. The Bertz CT molecular complexity index is 398. The second-order valence-corrected chi connectivity index (χ2v) is 8.22.